The smallest absolute Gasteiger partial charge is 0.278 e. The fraction of sp³-hybridized carbons (Fsp3) is 0.333. The highest BCUT2D eigenvalue weighted by Gasteiger charge is 2.28. The van der Waals surface area contributed by atoms with Crippen molar-refractivity contribution in [1.82, 2.24) is 25.1 Å². The maximum Gasteiger partial charge on any atom is 0.278 e. The first-order chi connectivity index (χ1) is 15.0. The van der Waals surface area contributed by atoms with Gasteiger partial charge in [-0.25, -0.2) is 9.97 Å². The molecule has 2 atom stereocenters. The van der Waals surface area contributed by atoms with E-state index in [1.165, 1.54) is 12.4 Å². The van der Waals surface area contributed by atoms with E-state index in [0.29, 0.717) is 16.5 Å². The van der Waals surface area contributed by atoms with Crippen molar-refractivity contribution in [2.24, 2.45) is 0 Å². The molecule has 0 aliphatic carbocycles. The Bertz CT molecular complexity index is 1070. The number of anilines is 2. The number of amides is 1. The lowest BCUT2D eigenvalue weighted by Crippen LogP contribution is -2.41. The van der Waals surface area contributed by atoms with Crippen molar-refractivity contribution < 1.29 is 9.53 Å². The van der Waals surface area contributed by atoms with Gasteiger partial charge in [-0.1, -0.05) is 18.0 Å². The average molecular weight is 442 g/mol. The molecule has 1 aliphatic rings. The monoisotopic (exact) mass is 441 g/mol. The molecule has 1 saturated heterocycles. The minimum Gasteiger partial charge on any atom is -0.497 e. The van der Waals surface area contributed by atoms with E-state index < -0.39 is 5.91 Å². The van der Waals surface area contributed by atoms with Crippen LogP contribution in [0.15, 0.2) is 43.0 Å². The Morgan fingerprint density at radius 3 is 2.90 bits per heavy atom. The Morgan fingerprint density at radius 2 is 2.16 bits per heavy atom. The van der Waals surface area contributed by atoms with Crippen LogP contribution in [0.1, 0.15) is 41.4 Å². The van der Waals surface area contributed by atoms with Crippen molar-refractivity contribution in [3.8, 4) is 5.75 Å². The molecule has 3 aromatic rings. The number of carbonyl (C=O) groups is 1. The Hall–Kier alpha value is -3.17. The van der Waals surface area contributed by atoms with Gasteiger partial charge in [-0.05, 0) is 43.1 Å². The van der Waals surface area contributed by atoms with Crippen LogP contribution in [0.5, 0.6) is 5.75 Å². The van der Waals surface area contributed by atoms with E-state index in [1.807, 2.05) is 16.8 Å². The van der Waals surface area contributed by atoms with Crippen molar-refractivity contribution in [3.05, 3.63) is 59.3 Å². The van der Waals surface area contributed by atoms with Gasteiger partial charge in [0.25, 0.3) is 5.91 Å². The summed E-state index contributed by atoms with van der Waals surface area (Å²) in [6.45, 7) is 0.940. The van der Waals surface area contributed by atoms with Crippen LogP contribution in [0, 0.1) is 0 Å². The Labute approximate surface area is 185 Å². The van der Waals surface area contributed by atoms with E-state index in [1.54, 1.807) is 25.6 Å². The van der Waals surface area contributed by atoms with Crippen LogP contribution in [-0.2, 0) is 0 Å². The van der Waals surface area contributed by atoms with E-state index in [9.17, 15) is 4.79 Å². The van der Waals surface area contributed by atoms with E-state index in [2.05, 4.69) is 25.7 Å². The summed E-state index contributed by atoms with van der Waals surface area (Å²) in [7, 11) is 1.61. The van der Waals surface area contributed by atoms with Crippen molar-refractivity contribution in [2.75, 3.05) is 24.7 Å². The Balaban J connectivity index is 1.64. The lowest BCUT2D eigenvalue weighted by Gasteiger charge is -2.32. The average Bonchev–Trinajstić information content (AvgIpc) is 3.22. The molecule has 1 unspecified atom stereocenters. The number of hydrogen-bond donors (Lipinski definition) is 3. The molecule has 0 spiro atoms. The van der Waals surface area contributed by atoms with Crippen LogP contribution >= 0.6 is 11.6 Å². The predicted molar refractivity (Wildman–Crippen MR) is 118 cm³/mol. The first-order valence-corrected chi connectivity index (χ1v) is 10.4. The van der Waals surface area contributed by atoms with E-state index >= 15 is 0 Å². The highest BCUT2D eigenvalue weighted by atomic mass is 35.5. The Morgan fingerprint density at radius 1 is 1.32 bits per heavy atom. The highest BCUT2D eigenvalue weighted by molar-refractivity contribution is 6.30. The number of ether oxygens (including phenoxy) is 1. The number of nitrogens with two attached hydrogens (primary N) is 1. The fourth-order valence-electron chi connectivity index (χ4n) is 3.86. The molecule has 10 heteroatoms. The molecule has 1 amide bonds. The fourth-order valence-corrected chi connectivity index (χ4v) is 4.09. The first-order valence-electron chi connectivity index (χ1n) is 10.0. The number of hydrogen-bond acceptors (Lipinski definition) is 7. The van der Waals surface area contributed by atoms with Crippen molar-refractivity contribution in [3.63, 3.8) is 0 Å². The van der Waals surface area contributed by atoms with Gasteiger partial charge in [0.2, 0.25) is 0 Å². The number of methoxy groups -OCH3 is 1. The van der Waals surface area contributed by atoms with Crippen molar-refractivity contribution >= 4 is 29.0 Å². The number of aromatic nitrogens is 4. The summed E-state index contributed by atoms with van der Waals surface area (Å²) in [5.41, 5.74) is 7.33. The SMILES string of the molecule is COc1cc(Cl)cc(C([C@H]2CCCCN2)n2cc(NC(=O)c3nccnc3N)cn2)c1. The summed E-state index contributed by atoms with van der Waals surface area (Å²) in [6, 6.07) is 5.70. The molecule has 2 aromatic heterocycles. The number of rotatable bonds is 6. The second-order valence-corrected chi connectivity index (χ2v) is 7.82. The van der Waals surface area contributed by atoms with E-state index in [0.717, 1.165) is 31.4 Å². The second kappa shape index (κ2) is 9.32. The topological polar surface area (TPSA) is 120 Å². The molecule has 1 aliphatic heterocycles. The quantitative estimate of drug-likeness (QED) is 0.537. The highest BCUT2D eigenvalue weighted by Crippen LogP contribution is 2.32. The van der Waals surface area contributed by atoms with E-state index in [-0.39, 0.29) is 23.6 Å². The molecule has 1 aromatic carbocycles. The second-order valence-electron chi connectivity index (χ2n) is 7.38. The molecule has 9 nitrogen and oxygen atoms in total. The lowest BCUT2D eigenvalue weighted by molar-refractivity contribution is 0.102. The van der Waals surface area contributed by atoms with Crippen LogP contribution in [0.25, 0.3) is 0 Å². The maximum atomic E-state index is 12.5. The number of nitrogens with one attached hydrogen (secondary N) is 2. The molecule has 1 fully saturated rings. The summed E-state index contributed by atoms with van der Waals surface area (Å²) in [5.74, 6) is 0.312. The van der Waals surface area contributed by atoms with Gasteiger partial charge in [0, 0.05) is 29.7 Å². The third-order valence-corrected chi connectivity index (χ3v) is 5.50. The number of piperidine rings is 1. The third-order valence-electron chi connectivity index (χ3n) is 5.29. The number of carbonyl (C=O) groups excluding carboxylic acids is 1. The van der Waals surface area contributed by atoms with Gasteiger partial charge in [-0.2, -0.15) is 5.10 Å². The minimum atomic E-state index is -0.443. The number of nitrogens with zero attached hydrogens (tertiary/aromatic N) is 4. The Kier molecular flexibility index (Phi) is 6.34. The van der Waals surface area contributed by atoms with Crippen LogP contribution < -0.4 is 21.1 Å². The summed E-state index contributed by atoms with van der Waals surface area (Å²) in [4.78, 5) is 20.4. The number of nitrogen functional groups attached to an aromatic ring is 1. The number of benzene rings is 1. The maximum absolute atomic E-state index is 12.5. The largest absolute Gasteiger partial charge is 0.497 e. The molecule has 31 heavy (non-hydrogen) atoms. The van der Waals surface area contributed by atoms with Gasteiger partial charge in [-0.3, -0.25) is 9.48 Å². The zero-order chi connectivity index (χ0) is 21.8. The molecule has 4 N–H and O–H groups in total. The molecule has 162 valence electrons. The van der Waals surface area contributed by atoms with Gasteiger partial charge in [0.15, 0.2) is 11.5 Å². The summed E-state index contributed by atoms with van der Waals surface area (Å²) >= 11 is 6.34. The van der Waals surface area contributed by atoms with Gasteiger partial charge >= 0.3 is 0 Å². The summed E-state index contributed by atoms with van der Waals surface area (Å²) < 4.78 is 7.25. The molecule has 3 heterocycles. The van der Waals surface area contributed by atoms with Gasteiger partial charge in [0.1, 0.15) is 5.75 Å². The zero-order valence-corrected chi connectivity index (χ0v) is 17.8. The predicted octanol–water partition coefficient (Wildman–Crippen LogP) is 2.90. The summed E-state index contributed by atoms with van der Waals surface area (Å²) in [5, 5.41) is 11.5. The van der Waals surface area contributed by atoms with Crippen LogP contribution in [0.2, 0.25) is 5.02 Å². The summed E-state index contributed by atoms with van der Waals surface area (Å²) in [6.07, 6.45) is 9.51. The zero-order valence-electron chi connectivity index (χ0n) is 17.1. The van der Waals surface area contributed by atoms with Crippen LogP contribution in [0.4, 0.5) is 11.5 Å². The number of halogens is 1. The van der Waals surface area contributed by atoms with Gasteiger partial charge in [-0.15, -0.1) is 0 Å². The lowest BCUT2D eigenvalue weighted by atomic mass is 9.92. The standard InChI is InChI=1S/C21H24ClN7O2/c1-31-16-9-13(8-14(22)10-16)19(17-4-2-3-5-24-17)29-12-15(11-27-29)28-21(30)18-20(23)26-7-6-25-18/h6-12,17,19,24H,2-5H2,1H3,(H2,23,26)(H,28,30)/t17-,19?/m1/s1. The molecular formula is C21H24ClN7O2. The molecule has 0 radical (unpaired) electrons. The van der Waals surface area contributed by atoms with Crippen LogP contribution in [0.3, 0.4) is 0 Å². The normalized spacial score (nSPS) is 17.2. The van der Waals surface area contributed by atoms with E-state index in [4.69, 9.17) is 22.1 Å². The molecular weight excluding hydrogens is 418 g/mol. The molecule has 4 rings (SSSR count). The van der Waals surface area contributed by atoms with Crippen LogP contribution in [-0.4, -0.2) is 45.4 Å². The molecule has 0 saturated carbocycles. The first kappa shape index (κ1) is 21.1. The van der Waals surface area contributed by atoms with Crippen molar-refractivity contribution in [1.29, 1.82) is 0 Å². The van der Waals surface area contributed by atoms with Gasteiger partial charge in [0.05, 0.1) is 25.0 Å². The van der Waals surface area contributed by atoms with Gasteiger partial charge < -0.3 is 21.1 Å². The van der Waals surface area contributed by atoms with Crippen molar-refractivity contribution in [2.45, 2.75) is 31.3 Å². The minimum absolute atomic E-state index is 0.0697. The third kappa shape index (κ3) is 4.78. The molecule has 0 bridgehead atoms.